The molecule has 0 spiro atoms. The molecule has 1 saturated carbocycles. The third kappa shape index (κ3) is 4.41. The number of allylic oxidation sites excluding steroid dienone is 1. The van der Waals surface area contributed by atoms with Crippen LogP contribution in [0.4, 0.5) is 4.39 Å². The van der Waals surface area contributed by atoms with Gasteiger partial charge >= 0.3 is 0 Å². The Morgan fingerprint density at radius 3 is 2.71 bits per heavy atom. The van der Waals surface area contributed by atoms with Gasteiger partial charge in [-0.05, 0) is 62.1 Å². The quantitative estimate of drug-likeness (QED) is 0.587. The van der Waals surface area contributed by atoms with E-state index in [1.807, 2.05) is 13.0 Å². The Bertz CT molecular complexity index is 525. The standard InChI is InChI=1S/C18H22FNO/c1-2-21-11-3-4-14-5-8-16(9-6-14)17-10-7-15(13-20)12-18(17)19/h3-4,7,10,12,14,16H,2,5-6,8-9,11H2,1H3. The van der Waals surface area contributed by atoms with E-state index >= 15 is 0 Å². The van der Waals surface area contributed by atoms with Crippen molar-refractivity contribution in [1.29, 1.82) is 5.26 Å². The summed E-state index contributed by atoms with van der Waals surface area (Å²) in [5.41, 5.74) is 1.16. The molecule has 0 amide bonds. The maximum absolute atomic E-state index is 14.0. The lowest BCUT2D eigenvalue weighted by atomic mass is 9.78. The number of rotatable bonds is 5. The van der Waals surface area contributed by atoms with Crippen LogP contribution in [0, 0.1) is 23.1 Å². The molecule has 0 bridgehead atoms. The van der Waals surface area contributed by atoms with Crippen LogP contribution in [0.2, 0.25) is 0 Å². The lowest BCUT2D eigenvalue weighted by molar-refractivity contribution is 0.177. The van der Waals surface area contributed by atoms with Crippen LogP contribution >= 0.6 is 0 Å². The van der Waals surface area contributed by atoms with Crippen LogP contribution in [-0.2, 0) is 4.74 Å². The van der Waals surface area contributed by atoms with Gasteiger partial charge in [-0.15, -0.1) is 0 Å². The van der Waals surface area contributed by atoms with E-state index in [-0.39, 0.29) is 11.7 Å². The molecule has 0 unspecified atom stereocenters. The minimum Gasteiger partial charge on any atom is -0.378 e. The van der Waals surface area contributed by atoms with Crippen LogP contribution < -0.4 is 0 Å². The molecule has 1 aliphatic carbocycles. The fraction of sp³-hybridized carbons (Fsp3) is 0.500. The molecule has 1 fully saturated rings. The highest BCUT2D eigenvalue weighted by Gasteiger charge is 2.23. The highest BCUT2D eigenvalue weighted by molar-refractivity contribution is 5.34. The van der Waals surface area contributed by atoms with Crippen molar-refractivity contribution in [1.82, 2.24) is 0 Å². The summed E-state index contributed by atoms with van der Waals surface area (Å²) < 4.78 is 19.3. The fourth-order valence-corrected chi connectivity index (χ4v) is 2.98. The Hall–Kier alpha value is -1.66. The molecule has 21 heavy (non-hydrogen) atoms. The number of hydrogen-bond acceptors (Lipinski definition) is 2. The average Bonchev–Trinajstić information content (AvgIpc) is 2.52. The van der Waals surface area contributed by atoms with Gasteiger partial charge in [0.15, 0.2) is 0 Å². The van der Waals surface area contributed by atoms with E-state index in [9.17, 15) is 4.39 Å². The normalized spacial score (nSPS) is 22.3. The molecule has 0 atom stereocenters. The summed E-state index contributed by atoms with van der Waals surface area (Å²) in [6.45, 7) is 3.42. The number of benzene rings is 1. The fourth-order valence-electron chi connectivity index (χ4n) is 2.98. The largest absolute Gasteiger partial charge is 0.378 e. The summed E-state index contributed by atoms with van der Waals surface area (Å²) in [6.07, 6.45) is 8.52. The van der Waals surface area contributed by atoms with Crippen molar-refractivity contribution in [2.45, 2.75) is 38.5 Å². The second-order valence-electron chi connectivity index (χ2n) is 5.55. The first-order valence-corrected chi connectivity index (χ1v) is 7.68. The first kappa shape index (κ1) is 15.7. The van der Waals surface area contributed by atoms with Gasteiger partial charge in [0.25, 0.3) is 0 Å². The predicted molar refractivity (Wildman–Crippen MR) is 81.4 cm³/mol. The van der Waals surface area contributed by atoms with Crippen molar-refractivity contribution >= 4 is 0 Å². The SMILES string of the molecule is CCOCC=CC1CCC(c2ccc(C#N)cc2F)CC1. The second kappa shape index (κ2) is 7.95. The number of halogens is 1. The Morgan fingerprint density at radius 2 is 2.10 bits per heavy atom. The Balaban J connectivity index is 1.89. The third-order valence-electron chi connectivity index (χ3n) is 4.17. The van der Waals surface area contributed by atoms with Gasteiger partial charge in [-0.3, -0.25) is 0 Å². The van der Waals surface area contributed by atoms with Gasteiger partial charge in [0, 0.05) is 6.61 Å². The van der Waals surface area contributed by atoms with E-state index in [0.717, 1.165) is 37.9 Å². The van der Waals surface area contributed by atoms with E-state index in [1.54, 1.807) is 12.1 Å². The lowest BCUT2D eigenvalue weighted by Gasteiger charge is -2.27. The molecule has 0 N–H and O–H groups in total. The maximum atomic E-state index is 14.0. The Morgan fingerprint density at radius 1 is 1.33 bits per heavy atom. The van der Waals surface area contributed by atoms with E-state index in [4.69, 9.17) is 10.00 Å². The molecule has 0 radical (unpaired) electrons. The number of hydrogen-bond donors (Lipinski definition) is 0. The van der Waals surface area contributed by atoms with Gasteiger partial charge in [-0.1, -0.05) is 18.2 Å². The highest BCUT2D eigenvalue weighted by atomic mass is 19.1. The van der Waals surface area contributed by atoms with Crippen molar-refractivity contribution in [3.63, 3.8) is 0 Å². The van der Waals surface area contributed by atoms with Crippen molar-refractivity contribution in [2.75, 3.05) is 13.2 Å². The molecule has 0 saturated heterocycles. The first-order valence-electron chi connectivity index (χ1n) is 7.68. The molecule has 0 aromatic heterocycles. The molecule has 3 heteroatoms. The highest BCUT2D eigenvalue weighted by Crippen LogP contribution is 2.37. The van der Waals surface area contributed by atoms with Gasteiger partial charge in [0.1, 0.15) is 5.82 Å². The van der Waals surface area contributed by atoms with Crippen LogP contribution in [0.1, 0.15) is 49.7 Å². The van der Waals surface area contributed by atoms with Gasteiger partial charge in [0.05, 0.1) is 18.2 Å². The lowest BCUT2D eigenvalue weighted by Crippen LogP contribution is -2.13. The molecule has 1 aromatic rings. The van der Waals surface area contributed by atoms with Gasteiger partial charge in [0.2, 0.25) is 0 Å². The Kier molecular flexibility index (Phi) is 5.95. The molecule has 1 aliphatic rings. The molecule has 2 rings (SSSR count). The number of ether oxygens (including phenoxy) is 1. The van der Waals surface area contributed by atoms with Gasteiger partial charge < -0.3 is 4.74 Å². The summed E-state index contributed by atoms with van der Waals surface area (Å²) in [5.74, 6) is 0.641. The van der Waals surface area contributed by atoms with Crippen molar-refractivity contribution in [3.8, 4) is 6.07 Å². The van der Waals surface area contributed by atoms with Crippen LogP contribution in [0.25, 0.3) is 0 Å². The molecule has 2 nitrogen and oxygen atoms in total. The van der Waals surface area contributed by atoms with Crippen molar-refractivity contribution < 1.29 is 9.13 Å². The van der Waals surface area contributed by atoms with Crippen molar-refractivity contribution in [3.05, 3.63) is 47.3 Å². The van der Waals surface area contributed by atoms with Crippen LogP contribution in [0.3, 0.4) is 0 Å². The summed E-state index contributed by atoms with van der Waals surface area (Å²) in [5, 5.41) is 8.78. The van der Waals surface area contributed by atoms with E-state index in [2.05, 4.69) is 12.2 Å². The molecule has 112 valence electrons. The smallest absolute Gasteiger partial charge is 0.127 e. The van der Waals surface area contributed by atoms with Crippen molar-refractivity contribution in [2.24, 2.45) is 5.92 Å². The second-order valence-corrected chi connectivity index (χ2v) is 5.55. The van der Waals surface area contributed by atoms with E-state index in [0.29, 0.717) is 18.1 Å². The minimum atomic E-state index is -0.232. The summed E-state index contributed by atoms with van der Waals surface area (Å²) in [6, 6.07) is 6.82. The van der Waals surface area contributed by atoms with Crippen LogP contribution in [-0.4, -0.2) is 13.2 Å². The predicted octanol–water partition coefficient (Wildman–Crippen LogP) is 4.56. The molecule has 1 aromatic carbocycles. The topological polar surface area (TPSA) is 33.0 Å². The zero-order valence-electron chi connectivity index (χ0n) is 12.5. The summed E-state index contributed by atoms with van der Waals surface area (Å²) in [7, 11) is 0. The zero-order chi connectivity index (χ0) is 15.1. The van der Waals surface area contributed by atoms with Crippen LogP contribution in [0.5, 0.6) is 0 Å². The Labute approximate surface area is 126 Å². The third-order valence-corrected chi connectivity index (χ3v) is 4.17. The molecular formula is C18H22FNO. The maximum Gasteiger partial charge on any atom is 0.127 e. The first-order chi connectivity index (χ1) is 10.2. The molecule has 0 aliphatic heterocycles. The number of nitrogens with zero attached hydrogens (tertiary/aromatic N) is 1. The molecule has 0 heterocycles. The number of nitriles is 1. The van der Waals surface area contributed by atoms with E-state index in [1.165, 1.54) is 6.07 Å². The van der Waals surface area contributed by atoms with Crippen LogP contribution in [0.15, 0.2) is 30.4 Å². The van der Waals surface area contributed by atoms with Gasteiger partial charge in [-0.25, -0.2) is 4.39 Å². The van der Waals surface area contributed by atoms with E-state index < -0.39 is 0 Å². The minimum absolute atomic E-state index is 0.232. The average molecular weight is 287 g/mol. The molecular weight excluding hydrogens is 265 g/mol. The zero-order valence-corrected chi connectivity index (χ0v) is 12.5. The summed E-state index contributed by atoms with van der Waals surface area (Å²) >= 11 is 0. The summed E-state index contributed by atoms with van der Waals surface area (Å²) in [4.78, 5) is 0. The van der Waals surface area contributed by atoms with Gasteiger partial charge in [-0.2, -0.15) is 5.26 Å². The monoisotopic (exact) mass is 287 g/mol.